The van der Waals surface area contributed by atoms with Crippen molar-refractivity contribution in [2.75, 3.05) is 6.54 Å². The zero-order chi connectivity index (χ0) is 16.4. The summed E-state index contributed by atoms with van der Waals surface area (Å²) in [6, 6.07) is 6.34. The number of nitrogens with zero attached hydrogens (tertiary/aromatic N) is 1. The van der Waals surface area contributed by atoms with Crippen LogP contribution in [0.4, 0.5) is 0 Å². The molecule has 1 aromatic rings. The molecule has 6 heteroatoms. The van der Waals surface area contributed by atoms with Crippen LogP contribution < -0.4 is 0 Å². The summed E-state index contributed by atoms with van der Waals surface area (Å²) < 4.78 is 27.0. The minimum atomic E-state index is -3.83. The Kier molecular flexibility index (Phi) is 4.72. The lowest BCUT2D eigenvalue weighted by atomic mass is 9.86. The summed E-state index contributed by atoms with van der Waals surface area (Å²) in [5, 5.41) is 9.63. The molecule has 1 unspecified atom stereocenters. The van der Waals surface area contributed by atoms with Crippen molar-refractivity contribution < 1.29 is 18.3 Å². The Morgan fingerprint density at radius 3 is 2.50 bits per heavy atom. The van der Waals surface area contributed by atoms with Gasteiger partial charge in [0, 0.05) is 6.54 Å². The Labute approximate surface area is 131 Å². The van der Waals surface area contributed by atoms with Crippen molar-refractivity contribution in [2.45, 2.75) is 43.0 Å². The van der Waals surface area contributed by atoms with Gasteiger partial charge in [-0.2, -0.15) is 4.31 Å². The van der Waals surface area contributed by atoms with Gasteiger partial charge in [0.05, 0.1) is 4.90 Å². The van der Waals surface area contributed by atoms with Gasteiger partial charge in [-0.05, 0) is 43.4 Å². The molecular weight excluding hydrogens is 302 g/mol. The summed E-state index contributed by atoms with van der Waals surface area (Å²) in [5.41, 5.74) is -0.522. The van der Waals surface area contributed by atoms with Crippen molar-refractivity contribution in [1.29, 1.82) is 0 Å². The number of carboxylic acids is 1. The molecule has 0 radical (unpaired) electrons. The van der Waals surface area contributed by atoms with Crippen LogP contribution in [0.25, 0.3) is 6.08 Å². The fraction of sp³-hybridized carbons (Fsp3) is 0.438. The minimum Gasteiger partial charge on any atom is -0.480 e. The Morgan fingerprint density at radius 2 is 2.00 bits per heavy atom. The van der Waals surface area contributed by atoms with E-state index in [9.17, 15) is 18.3 Å². The Balaban J connectivity index is 2.48. The molecule has 0 aliphatic carbocycles. The lowest BCUT2D eigenvalue weighted by Crippen LogP contribution is -2.58. The first-order valence-electron chi connectivity index (χ1n) is 7.37. The number of piperidine rings is 1. The highest BCUT2D eigenvalue weighted by atomic mass is 32.2. The van der Waals surface area contributed by atoms with Crippen LogP contribution in [0.1, 0.15) is 38.2 Å². The smallest absolute Gasteiger partial charge is 0.325 e. The van der Waals surface area contributed by atoms with Crippen LogP contribution in [0.5, 0.6) is 0 Å². The number of hydrogen-bond donors (Lipinski definition) is 1. The summed E-state index contributed by atoms with van der Waals surface area (Å²) in [6.45, 7) is 5.60. The van der Waals surface area contributed by atoms with E-state index >= 15 is 0 Å². The van der Waals surface area contributed by atoms with E-state index in [4.69, 9.17) is 0 Å². The molecule has 1 aliphatic rings. The maximum Gasteiger partial charge on any atom is 0.325 e. The third kappa shape index (κ3) is 2.68. The van der Waals surface area contributed by atoms with Gasteiger partial charge >= 0.3 is 5.97 Å². The van der Waals surface area contributed by atoms with Gasteiger partial charge in [-0.1, -0.05) is 31.7 Å². The fourth-order valence-corrected chi connectivity index (χ4v) is 4.85. The molecule has 5 nitrogen and oxygen atoms in total. The first-order valence-corrected chi connectivity index (χ1v) is 8.81. The van der Waals surface area contributed by atoms with Crippen LogP contribution in [0.2, 0.25) is 0 Å². The van der Waals surface area contributed by atoms with Gasteiger partial charge in [0.15, 0.2) is 0 Å². The van der Waals surface area contributed by atoms with Crippen LogP contribution >= 0.6 is 0 Å². The molecule has 1 heterocycles. The molecule has 2 rings (SSSR count). The molecule has 0 spiro atoms. The third-order valence-electron chi connectivity index (χ3n) is 4.37. The van der Waals surface area contributed by atoms with Crippen molar-refractivity contribution in [3.05, 3.63) is 36.4 Å². The quantitative estimate of drug-likeness (QED) is 0.904. The molecule has 1 atom stereocenters. The van der Waals surface area contributed by atoms with Crippen molar-refractivity contribution in [1.82, 2.24) is 4.31 Å². The van der Waals surface area contributed by atoms with E-state index in [1.165, 1.54) is 16.4 Å². The van der Waals surface area contributed by atoms with Gasteiger partial charge in [-0.25, -0.2) is 8.42 Å². The highest BCUT2D eigenvalue weighted by Gasteiger charge is 2.50. The SMILES string of the molecule is C=Cc1ccc(S(=O)(=O)N2CCCCC2(CC)C(=O)O)cc1. The number of benzene rings is 1. The van der Waals surface area contributed by atoms with Crippen molar-refractivity contribution in [3.63, 3.8) is 0 Å². The minimum absolute atomic E-state index is 0.124. The second kappa shape index (κ2) is 6.22. The number of rotatable bonds is 5. The second-order valence-corrected chi connectivity index (χ2v) is 7.36. The number of aliphatic carboxylic acids is 1. The van der Waals surface area contributed by atoms with Crippen LogP contribution in [-0.2, 0) is 14.8 Å². The lowest BCUT2D eigenvalue weighted by molar-refractivity contribution is -0.150. The Morgan fingerprint density at radius 1 is 1.36 bits per heavy atom. The Hall–Kier alpha value is -1.66. The van der Waals surface area contributed by atoms with Crippen molar-refractivity contribution in [3.8, 4) is 0 Å². The summed E-state index contributed by atoms with van der Waals surface area (Å²) >= 11 is 0. The van der Waals surface area contributed by atoms with E-state index in [-0.39, 0.29) is 17.9 Å². The fourth-order valence-electron chi connectivity index (χ4n) is 2.98. The van der Waals surface area contributed by atoms with Crippen LogP contribution in [-0.4, -0.2) is 35.9 Å². The zero-order valence-corrected chi connectivity index (χ0v) is 13.5. The van der Waals surface area contributed by atoms with Crippen LogP contribution in [0.15, 0.2) is 35.7 Å². The van der Waals surface area contributed by atoms with E-state index < -0.39 is 21.5 Å². The Bertz CT molecular complexity index is 666. The lowest BCUT2D eigenvalue weighted by Gasteiger charge is -2.42. The largest absolute Gasteiger partial charge is 0.480 e. The normalized spacial score (nSPS) is 23.1. The highest BCUT2D eigenvalue weighted by molar-refractivity contribution is 7.89. The van der Waals surface area contributed by atoms with Crippen molar-refractivity contribution in [2.24, 2.45) is 0 Å². The summed E-state index contributed by atoms with van der Waals surface area (Å²) in [7, 11) is -3.83. The molecular formula is C16H21NO4S. The molecule has 22 heavy (non-hydrogen) atoms. The standard InChI is InChI=1S/C16H21NO4S/c1-3-13-7-9-14(10-8-13)22(20,21)17-12-6-5-11-16(17,4-2)15(18)19/h3,7-10H,1,4-6,11-12H2,2H3,(H,18,19). The first kappa shape index (κ1) is 16.7. The van der Waals surface area contributed by atoms with E-state index in [2.05, 4.69) is 6.58 Å². The van der Waals surface area contributed by atoms with Gasteiger partial charge in [-0.3, -0.25) is 4.79 Å². The van der Waals surface area contributed by atoms with Gasteiger partial charge in [0.25, 0.3) is 0 Å². The molecule has 1 aromatic carbocycles. The monoisotopic (exact) mass is 323 g/mol. The average molecular weight is 323 g/mol. The van der Waals surface area contributed by atoms with E-state index in [1.807, 2.05) is 0 Å². The average Bonchev–Trinajstić information content (AvgIpc) is 2.54. The summed E-state index contributed by atoms with van der Waals surface area (Å²) in [6.07, 6.45) is 3.64. The van der Waals surface area contributed by atoms with E-state index in [0.717, 1.165) is 12.0 Å². The number of carboxylic acid groups (broad SMARTS) is 1. The summed E-state index contributed by atoms with van der Waals surface area (Å²) in [4.78, 5) is 11.9. The van der Waals surface area contributed by atoms with Gasteiger partial charge in [-0.15, -0.1) is 0 Å². The molecule has 0 saturated carbocycles. The van der Waals surface area contributed by atoms with Crippen LogP contribution in [0, 0.1) is 0 Å². The molecule has 0 bridgehead atoms. The maximum absolute atomic E-state index is 12.9. The molecule has 1 N–H and O–H groups in total. The predicted octanol–water partition coefficient (Wildman–Crippen LogP) is 2.74. The van der Waals surface area contributed by atoms with Gasteiger partial charge in [0.2, 0.25) is 10.0 Å². The van der Waals surface area contributed by atoms with E-state index in [0.29, 0.717) is 12.8 Å². The second-order valence-electron chi connectivity index (χ2n) is 5.50. The van der Waals surface area contributed by atoms with Gasteiger partial charge < -0.3 is 5.11 Å². The number of carbonyl (C=O) groups is 1. The first-order chi connectivity index (χ1) is 10.4. The third-order valence-corrected chi connectivity index (χ3v) is 6.35. The molecule has 0 amide bonds. The molecule has 120 valence electrons. The number of sulfonamides is 1. The molecule has 1 fully saturated rings. The van der Waals surface area contributed by atoms with E-state index in [1.54, 1.807) is 25.1 Å². The number of hydrogen-bond acceptors (Lipinski definition) is 3. The van der Waals surface area contributed by atoms with Gasteiger partial charge in [0.1, 0.15) is 5.54 Å². The zero-order valence-electron chi connectivity index (χ0n) is 12.7. The highest BCUT2D eigenvalue weighted by Crippen LogP contribution is 2.36. The molecule has 1 aliphatic heterocycles. The topological polar surface area (TPSA) is 74.7 Å². The predicted molar refractivity (Wildman–Crippen MR) is 84.9 cm³/mol. The van der Waals surface area contributed by atoms with Crippen LogP contribution in [0.3, 0.4) is 0 Å². The maximum atomic E-state index is 12.9. The molecule has 0 aromatic heterocycles. The molecule has 1 saturated heterocycles. The summed E-state index contributed by atoms with van der Waals surface area (Å²) in [5.74, 6) is -1.07. The van der Waals surface area contributed by atoms with Crippen molar-refractivity contribution >= 4 is 22.1 Å².